The first-order chi connectivity index (χ1) is 9.64. The summed E-state index contributed by atoms with van der Waals surface area (Å²) in [5, 5.41) is 3.01. The highest BCUT2D eigenvalue weighted by molar-refractivity contribution is 7.89. The number of rotatable bonds is 7. The van der Waals surface area contributed by atoms with Crippen molar-refractivity contribution in [1.29, 1.82) is 0 Å². The van der Waals surface area contributed by atoms with Crippen LogP contribution in [0, 0.1) is 0 Å². The standard InChI is InChI=1S/C13H19F3N2O2S/c1-10(5-4-8-13(14,15)16)18-11-6-3-7-12(9-11)21(19,20)17-2/h3,6-7,9-10,17-18H,4-5,8H2,1-2H3. The summed E-state index contributed by atoms with van der Waals surface area (Å²) in [5.74, 6) is 0. The molecule has 0 aliphatic heterocycles. The molecule has 0 aliphatic carbocycles. The lowest BCUT2D eigenvalue weighted by Gasteiger charge is -2.16. The van der Waals surface area contributed by atoms with E-state index in [1.165, 1.54) is 19.2 Å². The van der Waals surface area contributed by atoms with Gasteiger partial charge in [-0.2, -0.15) is 13.2 Å². The Morgan fingerprint density at radius 2 is 1.95 bits per heavy atom. The normalized spacial score (nSPS) is 14.0. The SMILES string of the molecule is CNS(=O)(=O)c1cccc(NC(C)CCCC(F)(F)F)c1. The van der Waals surface area contributed by atoms with Gasteiger partial charge in [0, 0.05) is 18.2 Å². The second-order valence-corrected chi connectivity index (χ2v) is 6.67. The predicted molar refractivity (Wildman–Crippen MR) is 75.7 cm³/mol. The maximum absolute atomic E-state index is 12.1. The Bertz CT molecular complexity index is 559. The smallest absolute Gasteiger partial charge is 0.383 e. The lowest BCUT2D eigenvalue weighted by molar-refractivity contribution is -0.135. The van der Waals surface area contributed by atoms with Gasteiger partial charge in [-0.05, 0) is 45.0 Å². The first-order valence-electron chi connectivity index (χ1n) is 6.51. The van der Waals surface area contributed by atoms with Crippen LogP contribution in [0.15, 0.2) is 29.2 Å². The molecule has 0 heterocycles. The quantitative estimate of drug-likeness (QED) is 0.810. The Morgan fingerprint density at radius 3 is 2.52 bits per heavy atom. The molecular formula is C13H19F3N2O2S. The fourth-order valence-electron chi connectivity index (χ4n) is 1.84. The summed E-state index contributed by atoms with van der Waals surface area (Å²) in [6.45, 7) is 1.76. The molecule has 1 unspecified atom stereocenters. The minimum atomic E-state index is -4.14. The lowest BCUT2D eigenvalue weighted by atomic mass is 10.1. The first kappa shape index (κ1) is 17.8. The number of anilines is 1. The van der Waals surface area contributed by atoms with E-state index in [1.54, 1.807) is 19.1 Å². The number of nitrogens with one attached hydrogen (secondary N) is 2. The monoisotopic (exact) mass is 324 g/mol. The summed E-state index contributed by atoms with van der Waals surface area (Å²) in [7, 11) is -2.22. The van der Waals surface area contributed by atoms with Gasteiger partial charge in [0.05, 0.1) is 4.90 Å². The van der Waals surface area contributed by atoms with Crippen LogP contribution in [-0.2, 0) is 10.0 Å². The molecule has 1 rings (SSSR count). The van der Waals surface area contributed by atoms with Crippen LogP contribution in [-0.4, -0.2) is 27.7 Å². The molecule has 4 nitrogen and oxygen atoms in total. The average Bonchev–Trinajstić information content (AvgIpc) is 2.37. The molecule has 0 amide bonds. The van der Waals surface area contributed by atoms with Gasteiger partial charge < -0.3 is 5.32 Å². The van der Waals surface area contributed by atoms with Gasteiger partial charge in [-0.25, -0.2) is 13.1 Å². The van der Waals surface area contributed by atoms with Crippen LogP contribution >= 0.6 is 0 Å². The van der Waals surface area contributed by atoms with Crippen LogP contribution in [0.1, 0.15) is 26.2 Å². The Labute approximate surface area is 122 Å². The molecule has 0 fully saturated rings. The van der Waals surface area contributed by atoms with Gasteiger partial charge in [-0.3, -0.25) is 0 Å². The summed E-state index contributed by atoms with van der Waals surface area (Å²) >= 11 is 0. The van der Waals surface area contributed by atoms with Crippen molar-refractivity contribution < 1.29 is 21.6 Å². The molecular weight excluding hydrogens is 305 g/mol. The first-order valence-corrected chi connectivity index (χ1v) is 7.99. The number of benzene rings is 1. The Morgan fingerprint density at radius 1 is 1.29 bits per heavy atom. The topological polar surface area (TPSA) is 58.2 Å². The number of alkyl halides is 3. The fraction of sp³-hybridized carbons (Fsp3) is 0.538. The van der Waals surface area contributed by atoms with E-state index in [9.17, 15) is 21.6 Å². The third kappa shape index (κ3) is 6.34. The number of hydrogen-bond acceptors (Lipinski definition) is 3. The molecule has 1 atom stereocenters. The van der Waals surface area contributed by atoms with E-state index in [0.717, 1.165) is 0 Å². The zero-order valence-electron chi connectivity index (χ0n) is 11.9. The molecule has 0 saturated carbocycles. The fourth-order valence-corrected chi connectivity index (χ4v) is 2.61. The van der Waals surface area contributed by atoms with Crippen LogP contribution < -0.4 is 10.0 Å². The molecule has 0 aromatic heterocycles. The summed E-state index contributed by atoms with van der Waals surface area (Å²) in [6, 6.07) is 5.97. The van der Waals surface area contributed by atoms with Gasteiger partial charge >= 0.3 is 6.18 Å². The average molecular weight is 324 g/mol. The van der Waals surface area contributed by atoms with Crippen molar-refractivity contribution in [3.05, 3.63) is 24.3 Å². The molecule has 1 aromatic rings. The molecule has 0 spiro atoms. The van der Waals surface area contributed by atoms with Gasteiger partial charge in [-0.15, -0.1) is 0 Å². The highest BCUT2D eigenvalue weighted by Crippen LogP contribution is 2.23. The second kappa shape index (κ2) is 7.13. The van der Waals surface area contributed by atoms with Crippen LogP contribution in [0.4, 0.5) is 18.9 Å². The molecule has 1 aromatic carbocycles. The van der Waals surface area contributed by atoms with Crippen molar-refractivity contribution >= 4 is 15.7 Å². The molecule has 0 bridgehead atoms. The summed E-state index contributed by atoms with van der Waals surface area (Å²) in [5.41, 5.74) is 0.561. The number of halogens is 3. The van der Waals surface area contributed by atoms with Crippen molar-refractivity contribution in [3.8, 4) is 0 Å². The Balaban J connectivity index is 2.61. The highest BCUT2D eigenvalue weighted by Gasteiger charge is 2.26. The summed E-state index contributed by atoms with van der Waals surface area (Å²) in [6.07, 6.45) is -4.57. The molecule has 120 valence electrons. The van der Waals surface area contributed by atoms with Gasteiger partial charge in [0.1, 0.15) is 0 Å². The van der Waals surface area contributed by atoms with E-state index in [-0.39, 0.29) is 17.4 Å². The zero-order valence-corrected chi connectivity index (χ0v) is 12.7. The largest absolute Gasteiger partial charge is 0.389 e. The minimum absolute atomic E-state index is 0.0339. The predicted octanol–water partition coefficient (Wildman–Crippen LogP) is 3.13. The zero-order chi connectivity index (χ0) is 16.1. The van der Waals surface area contributed by atoms with Gasteiger partial charge in [0.25, 0.3) is 0 Å². The summed E-state index contributed by atoms with van der Waals surface area (Å²) in [4.78, 5) is 0.109. The van der Waals surface area contributed by atoms with E-state index in [2.05, 4.69) is 10.0 Å². The maximum atomic E-state index is 12.1. The van der Waals surface area contributed by atoms with Crippen molar-refractivity contribution in [2.24, 2.45) is 0 Å². The minimum Gasteiger partial charge on any atom is -0.383 e. The number of sulfonamides is 1. The van der Waals surface area contributed by atoms with Gasteiger partial charge in [0.2, 0.25) is 10.0 Å². The Kier molecular flexibility index (Phi) is 6.03. The molecule has 0 aliphatic rings. The summed E-state index contributed by atoms with van der Waals surface area (Å²) < 4.78 is 61.7. The van der Waals surface area contributed by atoms with E-state index < -0.39 is 22.6 Å². The van der Waals surface area contributed by atoms with E-state index in [4.69, 9.17) is 0 Å². The molecule has 0 radical (unpaired) electrons. The van der Waals surface area contributed by atoms with Crippen molar-refractivity contribution in [2.45, 2.75) is 43.3 Å². The maximum Gasteiger partial charge on any atom is 0.389 e. The molecule has 21 heavy (non-hydrogen) atoms. The van der Waals surface area contributed by atoms with E-state index >= 15 is 0 Å². The van der Waals surface area contributed by atoms with Crippen LogP contribution in [0.2, 0.25) is 0 Å². The second-order valence-electron chi connectivity index (χ2n) is 4.79. The van der Waals surface area contributed by atoms with Gasteiger partial charge in [-0.1, -0.05) is 6.07 Å². The highest BCUT2D eigenvalue weighted by atomic mass is 32.2. The van der Waals surface area contributed by atoms with Crippen molar-refractivity contribution in [3.63, 3.8) is 0 Å². The Hall–Kier alpha value is -1.28. The van der Waals surface area contributed by atoms with E-state index in [0.29, 0.717) is 12.1 Å². The third-order valence-electron chi connectivity index (χ3n) is 2.92. The van der Waals surface area contributed by atoms with Crippen LogP contribution in [0.25, 0.3) is 0 Å². The van der Waals surface area contributed by atoms with Crippen molar-refractivity contribution in [2.75, 3.05) is 12.4 Å². The van der Waals surface area contributed by atoms with E-state index in [1.807, 2.05) is 0 Å². The lowest BCUT2D eigenvalue weighted by Crippen LogP contribution is -2.20. The molecule has 0 saturated heterocycles. The number of hydrogen-bond donors (Lipinski definition) is 2. The van der Waals surface area contributed by atoms with Gasteiger partial charge in [0.15, 0.2) is 0 Å². The van der Waals surface area contributed by atoms with Crippen LogP contribution in [0.3, 0.4) is 0 Å². The van der Waals surface area contributed by atoms with Crippen molar-refractivity contribution in [1.82, 2.24) is 4.72 Å². The van der Waals surface area contributed by atoms with Crippen LogP contribution in [0.5, 0.6) is 0 Å². The third-order valence-corrected chi connectivity index (χ3v) is 4.34. The molecule has 2 N–H and O–H groups in total. The molecule has 8 heteroatoms.